The molecule has 0 atom stereocenters. The molecule has 1 aromatic rings. The van der Waals surface area contributed by atoms with Crippen LogP contribution in [-0.4, -0.2) is 31.1 Å². The average molecular weight is 262 g/mol. The van der Waals surface area contributed by atoms with Crippen LogP contribution in [0.25, 0.3) is 0 Å². The van der Waals surface area contributed by atoms with Crippen molar-refractivity contribution >= 4 is 0 Å². The molecule has 19 heavy (non-hydrogen) atoms. The summed E-state index contributed by atoms with van der Waals surface area (Å²) in [6, 6.07) is 8.04. The molecular weight excluding hydrogens is 236 g/mol. The van der Waals surface area contributed by atoms with E-state index in [9.17, 15) is 0 Å². The lowest BCUT2D eigenvalue weighted by molar-refractivity contribution is 0.153. The molecule has 0 aromatic heterocycles. The highest BCUT2D eigenvalue weighted by molar-refractivity contribution is 5.32. The Balaban J connectivity index is 1.72. The van der Waals surface area contributed by atoms with E-state index in [4.69, 9.17) is 10.5 Å². The number of hydrogen-bond acceptors (Lipinski definition) is 3. The molecule has 1 aromatic carbocycles. The van der Waals surface area contributed by atoms with Gasteiger partial charge in [0.1, 0.15) is 12.4 Å². The van der Waals surface area contributed by atoms with Crippen molar-refractivity contribution in [1.82, 2.24) is 4.90 Å². The number of likely N-dealkylation sites (tertiary alicyclic amines) is 1. The molecule has 3 nitrogen and oxygen atoms in total. The number of nitrogens with zero attached hydrogens (tertiary/aromatic N) is 1. The van der Waals surface area contributed by atoms with E-state index in [-0.39, 0.29) is 0 Å². The molecule has 0 amide bonds. The Labute approximate surface area is 116 Å². The first-order chi connectivity index (χ1) is 9.33. The molecule has 0 bridgehead atoms. The van der Waals surface area contributed by atoms with Crippen molar-refractivity contribution in [3.05, 3.63) is 29.8 Å². The molecule has 0 spiro atoms. The zero-order chi connectivity index (χ0) is 13.5. The minimum absolute atomic E-state index is 0.540. The molecule has 1 aliphatic heterocycles. The SMILES string of the molecule is CCC1CCN(CCOc2ccccc2CN)CC1. The van der Waals surface area contributed by atoms with E-state index in [2.05, 4.69) is 11.8 Å². The number of ether oxygens (including phenoxy) is 1. The number of nitrogens with two attached hydrogens (primary N) is 1. The van der Waals surface area contributed by atoms with Gasteiger partial charge in [0.15, 0.2) is 0 Å². The van der Waals surface area contributed by atoms with Crippen molar-refractivity contribution < 1.29 is 4.74 Å². The Hall–Kier alpha value is -1.06. The van der Waals surface area contributed by atoms with E-state index in [0.717, 1.165) is 30.4 Å². The highest BCUT2D eigenvalue weighted by atomic mass is 16.5. The first-order valence-corrected chi connectivity index (χ1v) is 7.46. The van der Waals surface area contributed by atoms with Crippen LogP contribution in [0.1, 0.15) is 31.7 Å². The van der Waals surface area contributed by atoms with Crippen LogP contribution in [0.5, 0.6) is 5.75 Å². The summed E-state index contributed by atoms with van der Waals surface area (Å²) in [7, 11) is 0. The van der Waals surface area contributed by atoms with Gasteiger partial charge < -0.3 is 10.5 Å². The smallest absolute Gasteiger partial charge is 0.123 e. The van der Waals surface area contributed by atoms with Crippen LogP contribution in [0.15, 0.2) is 24.3 Å². The van der Waals surface area contributed by atoms with Crippen LogP contribution < -0.4 is 10.5 Å². The molecule has 1 aliphatic rings. The van der Waals surface area contributed by atoms with Crippen LogP contribution >= 0.6 is 0 Å². The van der Waals surface area contributed by atoms with Gasteiger partial charge in [-0.25, -0.2) is 0 Å². The number of para-hydroxylation sites is 1. The number of benzene rings is 1. The molecule has 0 unspecified atom stereocenters. The van der Waals surface area contributed by atoms with Gasteiger partial charge in [-0.1, -0.05) is 31.5 Å². The molecule has 2 rings (SSSR count). The van der Waals surface area contributed by atoms with E-state index >= 15 is 0 Å². The van der Waals surface area contributed by atoms with Crippen molar-refractivity contribution in [3.8, 4) is 5.75 Å². The Morgan fingerprint density at radius 3 is 2.68 bits per heavy atom. The molecule has 0 saturated carbocycles. The third-order valence-corrected chi connectivity index (χ3v) is 4.14. The minimum Gasteiger partial charge on any atom is -0.492 e. The van der Waals surface area contributed by atoms with Gasteiger partial charge >= 0.3 is 0 Å². The Morgan fingerprint density at radius 1 is 1.26 bits per heavy atom. The zero-order valence-electron chi connectivity index (χ0n) is 12.0. The van der Waals surface area contributed by atoms with Crippen LogP contribution in [0.2, 0.25) is 0 Å². The fraction of sp³-hybridized carbons (Fsp3) is 0.625. The second kappa shape index (κ2) is 7.51. The molecule has 2 N–H and O–H groups in total. The maximum Gasteiger partial charge on any atom is 0.123 e. The number of hydrogen-bond donors (Lipinski definition) is 1. The largest absolute Gasteiger partial charge is 0.492 e. The highest BCUT2D eigenvalue weighted by Crippen LogP contribution is 2.20. The molecule has 1 fully saturated rings. The van der Waals surface area contributed by atoms with Gasteiger partial charge in [-0.3, -0.25) is 4.90 Å². The minimum atomic E-state index is 0.540. The van der Waals surface area contributed by atoms with Crippen molar-refractivity contribution in [2.75, 3.05) is 26.2 Å². The van der Waals surface area contributed by atoms with Crippen molar-refractivity contribution in [2.45, 2.75) is 32.7 Å². The van der Waals surface area contributed by atoms with Gasteiger partial charge in [-0.05, 0) is 37.9 Å². The lowest BCUT2D eigenvalue weighted by Crippen LogP contribution is -2.36. The summed E-state index contributed by atoms with van der Waals surface area (Å²) in [6.45, 7) is 7.06. The topological polar surface area (TPSA) is 38.5 Å². The van der Waals surface area contributed by atoms with Gasteiger partial charge in [-0.15, -0.1) is 0 Å². The third-order valence-electron chi connectivity index (χ3n) is 4.14. The predicted molar refractivity (Wildman–Crippen MR) is 79.3 cm³/mol. The fourth-order valence-corrected chi connectivity index (χ4v) is 2.72. The summed E-state index contributed by atoms with van der Waals surface area (Å²) in [5.41, 5.74) is 6.80. The highest BCUT2D eigenvalue weighted by Gasteiger charge is 2.17. The lowest BCUT2D eigenvalue weighted by Gasteiger charge is -2.31. The first-order valence-electron chi connectivity index (χ1n) is 7.46. The van der Waals surface area contributed by atoms with Gasteiger partial charge in [0.2, 0.25) is 0 Å². The van der Waals surface area contributed by atoms with Gasteiger partial charge in [0.25, 0.3) is 0 Å². The zero-order valence-corrected chi connectivity index (χ0v) is 12.0. The molecule has 0 radical (unpaired) electrons. The first kappa shape index (κ1) is 14.4. The van der Waals surface area contributed by atoms with E-state index in [0.29, 0.717) is 6.54 Å². The van der Waals surface area contributed by atoms with E-state index in [1.807, 2.05) is 24.3 Å². The maximum atomic E-state index is 5.86. The van der Waals surface area contributed by atoms with Crippen molar-refractivity contribution in [3.63, 3.8) is 0 Å². The van der Waals surface area contributed by atoms with Crippen molar-refractivity contribution in [2.24, 2.45) is 11.7 Å². The molecule has 106 valence electrons. The molecule has 3 heteroatoms. The summed E-state index contributed by atoms with van der Waals surface area (Å²) >= 11 is 0. The predicted octanol–water partition coefficient (Wildman–Crippen LogP) is 2.65. The summed E-state index contributed by atoms with van der Waals surface area (Å²) in [6.07, 6.45) is 4.01. The van der Waals surface area contributed by atoms with Gasteiger partial charge in [-0.2, -0.15) is 0 Å². The average Bonchev–Trinajstić information content (AvgIpc) is 2.48. The second-order valence-corrected chi connectivity index (χ2v) is 5.35. The van der Waals surface area contributed by atoms with Crippen LogP contribution in [0, 0.1) is 5.92 Å². The summed E-state index contributed by atoms with van der Waals surface area (Å²) in [5.74, 6) is 1.88. The Morgan fingerprint density at radius 2 is 2.00 bits per heavy atom. The number of piperidine rings is 1. The van der Waals surface area contributed by atoms with E-state index in [1.54, 1.807) is 0 Å². The normalized spacial score (nSPS) is 17.6. The molecule has 0 aliphatic carbocycles. The Kier molecular flexibility index (Phi) is 5.67. The molecule has 1 saturated heterocycles. The van der Waals surface area contributed by atoms with Crippen LogP contribution in [0.4, 0.5) is 0 Å². The van der Waals surface area contributed by atoms with E-state index in [1.165, 1.54) is 32.4 Å². The molecule has 1 heterocycles. The van der Waals surface area contributed by atoms with Crippen LogP contribution in [0.3, 0.4) is 0 Å². The standard InChI is InChI=1S/C16H26N2O/c1-2-14-7-9-18(10-8-14)11-12-19-16-6-4-3-5-15(16)13-17/h3-6,14H,2,7-13,17H2,1H3. The van der Waals surface area contributed by atoms with Crippen molar-refractivity contribution in [1.29, 1.82) is 0 Å². The monoisotopic (exact) mass is 262 g/mol. The fourth-order valence-electron chi connectivity index (χ4n) is 2.72. The summed E-state index contributed by atoms with van der Waals surface area (Å²) in [4.78, 5) is 2.51. The third kappa shape index (κ3) is 4.22. The maximum absolute atomic E-state index is 5.86. The van der Waals surface area contributed by atoms with E-state index < -0.39 is 0 Å². The van der Waals surface area contributed by atoms with Gasteiger partial charge in [0, 0.05) is 18.7 Å². The number of rotatable bonds is 6. The van der Waals surface area contributed by atoms with Crippen LogP contribution in [-0.2, 0) is 6.54 Å². The van der Waals surface area contributed by atoms with Gasteiger partial charge in [0.05, 0.1) is 0 Å². The lowest BCUT2D eigenvalue weighted by atomic mass is 9.94. The summed E-state index contributed by atoms with van der Waals surface area (Å²) < 4.78 is 5.86. The Bertz CT molecular complexity index is 373. The quantitative estimate of drug-likeness (QED) is 0.856. The second-order valence-electron chi connectivity index (χ2n) is 5.35. The molecular formula is C16H26N2O. The summed E-state index contributed by atoms with van der Waals surface area (Å²) in [5, 5.41) is 0.